The third-order valence-electron chi connectivity index (χ3n) is 3.41. The van der Waals surface area contributed by atoms with E-state index in [-0.39, 0.29) is 18.7 Å². The molecule has 0 saturated heterocycles. The van der Waals surface area contributed by atoms with Gasteiger partial charge in [-0.15, -0.1) is 0 Å². The lowest BCUT2D eigenvalue weighted by Crippen LogP contribution is -2.45. The number of nitrogens with one attached hydrogen (secondary N) is 2. The summed E-state index contributed by atoms with van der Waals surface area (Å²) in [5.74, 6) is -0.220. The van der Waals surface area contributed by atoms with E-state index in [0.29, 0.717) is 6.54 Å². The maximum atomic E-state index is 11.8. The Balaban J connectivity index is 1.55. The molecule has 23 heavy (non-hydrogen) atoms. The average molecular weight is 318 g/mol. The van der Waals surface area contributed by atoms with Crippen LogP contribution in [0.5, 0.6) is 0 Å². The minimum absolute atomic E-state index is 0.179. The quantitative estimate of drug-likeness (QED) is 0.685. The van der Waals surface area contributed by atoms with Gasteiger partial charge in [0.15, 0.2) is 6.17 Å². The fourth-order valence-corrected chi connectivity index (χ4v) is 1.99. The summed E-state index contributed by atoms with van der Waals surface area (Å²) in [6.45, 7) is 2.38. The molecular formula is C16H22N4O3. The van der Waals surface area contributed by atoms with Gasteiger partial charge in [-0.1, -0.05) is 30.3 Å². The summed E-state index contributed by atoms with van der Waals surface area (Å²) < 4.78 is 5.07. The Labute approximate surface area is 135 Å². The summed E-state index contributed by atoms with van der Waals surface area (Å²) in [5.41, 5.74) is 0.897. The number of carbonyl (C=O) groups excluding carboxylic acids is 2. The number of amides is 2. The zero-order valence-corrected chi connectivity index (χ0v) is 13.2. The lowest BCUT2D eigenvalue weighted by molar-refractivity contribution is -0.122. The second kappa shape index (κ2) is 8.87. The zero-order valence-electron chi connectivity index (χ0n) is 13.2. The molecular weight excluding hydrogens is 296 g/mol. The highest BCUT2D eigenvalue weighted by Crippen LogP contribution is 2.16. The van der Waals surface area contributed by atoms with E-state index in [2.05, 4.69) is 20.9 Å². The van der Waals surface area contributed by atoms with Gasteiger partial charge in [-0.05, 0) is 31.7 Å². The first-order valence-electron chi connectivity index (χ1n) is 7.80. The standard InChI is InChI=1S/C16H22N4O3/c1-12(15(21)17-10-6-5-9-14-19-20-14)18-16(22)23-11-13-7-3-2-4-8-13/h2-4,7-8,12,14H,5-6,9-11H2,1H3,(H,17,21)(H,18,22)/t12-/m0/s1. The molecule has 0 radical (unpaired) electrons. The van der Waals surface area contributed by atoms with Crippen molar-refractivity contribution in [1.29, 1.82) is 0 Å². The second-order valence-electron chi connectivity index (χ2n) is 5.43. The highest BCUT2D eigenvalue weighted by molar-refractivity contribution is 5.85. The topological polar surface area (TPSA) is 92.1 Å². The number of hydrogen-bond donors (Lipinski definition) is 2. The van der Waals surface area contributed by atoms with Crippen LogP contribution in [0.3, 0.4) is 0 Å². The van der Waals surface area contributed by atoms with Gasteiger partial charge in [0.1, 0.15) is 12.6 Å². The monoisotopic (exact) mass is 318 g/mol. The molecule has 2 rings (SSSR count). The van der Waals surface area contributed by atoms with E-state index in [1.165, 1.54) is 0 Å². The molecule has 0 bridgehead atoms. The number of nitrogens with zero attached hydrogens (tertiary/aromatic N) is 2. The summed E-state index contributed by atoms with van der Waals surface area (Å²) in [6.07, 6.45) is 2.37. The van der Waals surface area contributed by atoms with Crippen molar-refractivity contribution >= 4 is 12.0 Å². The molecule has 2 N–H and O–H groups in total. The van der Waals surface area contributed by atoms with Crippen LogP contribution in [-0.2, 0) is 16.1 Å². The van der Waals surface area contributed by atoms with Crippen molar-refractivity contribution in [2.45, 2.75) is 45.0 Å². The summed E-state index contributed by atoms with van der Waals surface area (Å²) in [5, 5.41) is 12.9. The number of rotatable bonds is 9. The molecule has 1 atom stereocenters. The van der Waals surface area contributed by atoms with Gasteiger partial charge in [0.25, 0.3) is 0 Å². The van der Waals surface area contributed by atoms with E-state index in [1.54, 1.807) is 6.92 Å². The van der Waals surface area contributed by atoms with E-state index in [1.807, 2.05) is 30.3 Å². The van der Waals surface area contributed by atoms with Crippen LogP contribution in [0.15, 0.2) is 40.6 Å². The highest BCUT2D eigenvalue weighted by atomic mass is 16.5. The Morgan fingerprint density at radius 3 is 2.65 bits per heavy atom. The van der Waals surface area contributed by atoms with E-state index in [0.717, 1.165) is 24.8 Å². The Hall–Kier alpha value is -2.44. The van der Waals surface area contributed by atoms with Crippen molar-refractivity contribution < 1.29 is 14.3 Å². The van der Waals surface area contributed by atoms with Crippen molar-refractivity contribution in [1.82, 2.24) is 10.6 Å². The van der Waals surface area contributed by atoms with Crippen LogP contribution in [0, 0.1) is 0 Å². The van der Waals surface area contributed by atoms with Crippen LogP contribution >= 0.6 is 0 Å². The van der Waals surface area contributed by atoms with Crippen LogP contribution in [0.25, 0.3) is 0 Å². The van der Waals surface area contributed by atoms with Gasteiger partial charge in [0.05, 0.1) is 0 Å². The number of ether oxygens (including phenoxy) is 1. The Kier molecular flexibility index (Phi) is 6.53. The smallest absolute Gasteiger partial charge is 0.408 e. The van der Waals surface area contributed by atoms with Crippen molar-refractivity contribution in [2.24, 2.45) is 10.2 Å². The molecule has 1 aliphatic heterocycles. The van der Waals surface area contributed by atoms with E-state index in [4.69, 9.17) is 4.74 Å². The third kappa shape index (κ3) is 6.90. The molecule has 7 nitrogen and oxygen atoms in total. The number of alkyl carbamates (subject to hydrolysis) is 1. The lowest BCUT2D eigenvalue weighted by Gasteiger charge is -2.14. The van der Waals surface area contributed by atoms with Gasteiger partial charge in [-0.3, -0.25) is 4.79 Å². The highest BCUT2D eigenvalue weighted by Gasteiger charge is 2.17. The summed E-state index contributed by atoms with van der Waals surface area (Å²) in [7, 11) is 0. The molecule has 0 fully saturated rings. The first-order valence-corrected chi connectivity index (χ1v) is 7.80. The van der Waals surface area contributed by atoms with Crippen molar-refractivity contribution in [2.75, 3.05) is 6.54 Å². The molecule has 7 heteroatoms. The molecule has 0 aromatic heterocycles. The molecule has 2 amide bonds. The van der Waals surface area contributed by atoms with Crippen molar-refractivity contribution in [3.8, 4) is 0 Å². The van der Waals surface area contributed by atoms with E-state index < -0.39 is 12.1 Å². The first kappa shape index (κ1) is 16.9. The molecule has 1 aromatic rings. The van der Waals surface area contributed by atoms with Crippen LogP contribution in [0.4, 0.5) is 4.79 Å². The largest absolute Gasteiger partial charge is 0.445 e. The van der Waals surface area contributed by atoms with Crippen LogP contribution in [0.2, 0.25) is 0 Å². The van der Waals surface area contributed by atoms with Gasteiger partial charge in [0, 0.05) is 6.54 Å². The van der Waals surface area contributed by atoms with Gasteiger partial charge >= 0.3 is 6.09 Å². The number of hydrogen-bond acceptors (Lipinski definition) is 5. The average Bonchev–Trinajstić information content (AvgIpc) is 3.37. The lowest BCUT2D eigenvalue weighted by atomic mass is 10.2. The normalized spacial score (nSPS) is 14.1. The fourth-order valence-electron chi connectivity index (χ4n) is 1.99. The molecule has 1 heterocycles. The maximum absolute atomic E-state index is 11.8. The zero-order chi connectivity index (χ0) is 16.5. The van der Waals surface area contributed by atoms with Gasteiger partial charge < -0.3 is 15.4 Å². The maximum Gasteiger partial charge on any atom is 0.408 e. The Bertz CT molecular complexity index is 542. The Morgan fingerprint density at radius 1 is 1.22 bits per heavy atom. The first-order chi connectivity index (χ1) is 11.1. The predicted octanol–water partition coefficient (Wildman–Crippen LogP) is 2.38. The van der Waals surface area contributed by atoms with Gasteiger partial charge in [0.2, 0.25) is 5.91 Å². The molecule has 0 unspecified atom stereocenters. The van der Waals surface area contributed by atoms with Crippen molar-refractivity contribution in [3.05, 3.63) is 35.9 Å². The molecule has 0 saturated carbocycles. The van der Waals surface area contributed by atoms with E-state index >= 15 is 0 Å². The number of unbranched alkanes of at least 4 members (excludes halogenated alkanes) is 1. The molecule has 1 aromatic carbocycles. The predicted molar refractivity (Wildman–Crippen MR) is 84.7 cm³/mol. The number of carbonyl (C=O) groups is 2. The van der Waals surface area contributed by atoms with Crippen molar-refractivity contribution in [3.63, 3.8) is 0 Å². The second-order valence-corrected chi connectivity index (χ2v) is 5.43. The molecule has 0 aliphatic carbocycles. The third-order valence-corrected chi connectivity index (χ3v) is 3.41. The van der Waals surface area contributed by atoms with Gasteiger partial charge in [-0.25, -0.2) is 4.79 Å². The van der Waals surface area contributed by atoms with Crippen LogP contribution in [0.1, 0.15) is 31.7 Å². The summed E-state index contributed by atoms with van der Waals surface area (Å²) >= 11 is 0. The molecule has 124 valence electrons. The fraction of sp³-hybridized carbons (Fsp3) is 0.500. The van der Waals surface area contributed by atoms with Gasteiger partial charge in [-0.2, -0.15) is 10.2 Å². The minimum Gasteiger partial charge on any atom is -0.445 e. The number of benzene rings is 1. The van der Waals surface area contributed by atoms with Crippen LogP contribution < -0.4 is 10.6 Å². The van der Waals surface area contributed by atoms with Crippen LogP contribution in [-0.4, -0.2) is 30.8 Å². The summed E-state index contributed by atoms with van der Waals surface area (Å²) in [6, 6.07) is 8.74. The minimum atomic E-state index is -0.633. The molecule has 1 aliphatic rings. The Morgan fingerprint density at radius 2 is 1.96 bits per heavy atom. The summed E-state index contributed by atoms with van der Waals surface area (Å²) in [4.78, 5) is 23.5. The van der Waals surface area contributed by atoms with E-state index in [9.17, 15) is 9.59 Å². The SMILES string of the molecule is C[C@H](NC(=O)OCc1ccccc1)C(=O)NCCCCC1N=N1. The molecule has 0 spiro atoms.